The fraction of sp³-hybridized carbons (Fsp3) is 0.200. The van der Waals surface area contributed by atoms with Crippen LogP contribution in [-0.2, 0) is 5.41 Å². The van der Waals surface area contributed by atoms with Crippen LogP contribution in [-0.4, -0.2) is 0 Å². The third kappa shape index (κ3) is 2.21. The minimum Gasteiger partial charge on any atom is -0.0616 e. The van der Waals surface area contributed by atoms with Crippen LogP contribution in [0.2, 0.25) is 0 Å². The first-order valence-electron chi connectivity index (χ1n) is 9.35. The van der Waals surface area contributed by atoms with E-state index in [0.29, 0.717) is 0 Å². The molecule has 0 atom stereocenters. The maximum Gasteiger partial charge on any atom is 0.0215 e. The highest BCUT2D eigenvalue weighted by molar-refractivity contribution is 5.91. The molecule has 0 unspecified atom stereocenters. The summed E-state index contributed by atoms with van der Waals surface area (Å²) in [4.78, 5) is 0. The number of benzene rings is 4. The smallest absolute Gasteiger partial charge is 0.0215 e. The molecule has 4 aromatic carbocycles. The molecule has 0 radical (unpaired) electrons. The van der Waals surface area contributed by atoms with Crippen LogP contribution in [0.25, 0.3) is 21.5 Å². The molecule has 0 N–H and O–H groups in total. The van der Waals surface area contributed by atoms with Gasteiger partial charge in [0.15, 0.2) is 0 Å². The molecule has 1 aliphatic rings. The summed E-state index contributed by atoms with van der Waals surface area (Å²) in [6, 6.07) is 31.4. The monoisotopic (exact) mass is 322 g/mol. The van der Waals surface area contributed by atoms with Crippen LogP contribution in [0.3, 0.4) is 0 Å². The number of hydrogen-bond donors (Lipinski definition) is 0. The number of fused-ring (bicyclic) bond motifs is 2. The van der Waals surface area contributed by atoms with E-state index in [1.165, 1.54) is 58.4 Å². The summed E-state index contributed by atoms with van der Waals surface area (Å²) in [6.45, 7) is 0. The highest BCUT2D eigenvalue weighted by Gasteiger charge is 2.39. The Morgan fingerprint density at radius 1 is 0.480 bits per heavy atom. The van der Waals surface area contributed by atoms with Crippen molar-refractivity contribution in [3.8, 4) is 0 Å². The quantitative estimate of drug-likeness (QED) is 0.378. The van der Waals surface area contributed by atoms with Gasteiger partial charge in [-0.1, -0.05) is 97.8 Å². The molecule has 1 aliphatic carbocycles. The van der Waals surface area contributed by atoms with Gasteiger partial charge < -0.3 is 0 Å². The van der Waals surface area contributed by atoms with E-state index in [1.807, 2.05) is 0 Å². The van der Waals surface area contributed by atoms with E-state index in [-0.39, 0.29) is 5.41 Å². The first-order valence-corrected chi connectivity index (χ1v) is 9.35. The molecule has 1 fully saturated rings. The molecular weight excluding hydrogens is 300 g/mol. The second-order valence-corrected chi connectivity index (χ2v) is 7.34. The Kier molecular flexibility index (Phi) is 3.38. The third-order valence-electron chi connectivity index (χ3n) is 6.07. The predicted octanol–water partition coefficient (Wildman–Crippen LogP) is 6.85. The average molecular weight is 322 g/mol. The van der Waals surface area contributed by atoms with E-state index in [2.05, 4.69) is 84.9 Å². The first kappa shape index (κ1) is 14.7. The van der Waals surface area contributed by atoms with Gasteiger partial charge in [-0.2, -0.15) is 0 Å². The fourth-order valence-electron chi connectivity index (χ4n) is 4.95. The van der Waals surface area contributed by atoms with Gasteiger partial charge in [-0.15, -0.1) is 0 Å². The van der Waals surface area contributed by atoms with Crippen molar-refractivity contribution in [3.05, 3.63) is 96.1 Å². The molecule has 0 nitrogen and oxygen atoms in total. The maximum absolute atomic E-state index is 2.37. The normalized spacial score (nSPS) is 16.5. The lowest BCUT2D eigenvalue weighted by atomic mass is 9.70. The van der Waals surface area contributed by atoms with Crippen molar-refractivity contribution < 1.29 is 0 Å². The Balaban J connectivity index is 1.85. The van der Waals surface area contributed by atoms with Crippen molar-refractivity contribution in [2.45, 2.75) is 31.1 Å². The van der Waals surface area contributed by atoms with Gasteiger partial charge in [0.25, 0.3) is 0 Å². The van der Waals surface area contributed by atoms with Gasteiger partial charge in [-0.3, -0.25) is 0 Å². The molecule has 25 heavy (non-hydrogen) atoms. The lowest BCUT2D eigenvalue weighted by molar-refractivity contribution is 0.544. The average Bonchev–Trinajstić information content (AvgIpc) is 3.18. The lowest BCUT2D eigenvalue weighted by Crippen LogP contribution is -2.24. The molecule has 4 aromatic rings. The summed E-state index contributed by atoms with van der Waals surface area (Å²) < 4.78 is 0. The number of rotatable bonds is 2. The zero-order valence-electron chi connectivity index (χ0n) is 14.4. The topological polar surface area (TPSA) is 0 Å². The molecule has 0 amide bonds. The highest BCUT2D eigenvalue weighted by atomic mass is 14.4. The van der Waals surface area contributed by atoms with Crippen LogP contribution >= 0.6 is 0 Å². The molecule has 0 saturated heterocycles. The Bertz CT molecular complexity index is 960. The van der Waals surface area contributed by atoms with Crippen molar-refractivity contribution in [1.29, 1.82) is 0 Å². The Hall–Kier alpha value is -2.60. The number of hydrogen-bond acceptors (Lipinski definition) is 0. The van der Waals surface area contributed by atoms with E-state index >= 15 is 0 Å². The highest BCUT2D eigenvalue weighted by Crippen LogP contribution is 2.50. The Labute approximate surface area is 149 Å². The van der Waals surface area contributed by atoms with Crippen LogP contribution in [0.15, 0.2) is 84.9 Å². The molecule has 1 saturated carbocycles. The SMILES string of the molecule is c1ccc2c(C3(c4cccc5ccccc45)CCCC3)cccc2c1. The van der Waals surface area contributed by atoms with Gasteiger partial charge in [0.1, 0.15) is 0 Å². The Morgan fingerprint density at radius 2 is 0.920 bits per heavy atom. The van der Waals surface area contributed by atoms with Crippen molar-refractivity contribution in [2.24, 2.45) is 0 Å². The summed E-state index contributed by atoms with van der Waals surface area (Å²) in [5.74, 6) is 0. The fourth-order valence-corrected chi connectivity index (χ4v) is 4.95. The Morgan fingerprint density at radius 3 is 1.44 bits per heavy atom. The van der Waals surface area contributed by atoms with E-state index in [4.69, 9.17) is 0 Å². The molecule has 122 valence electrons. The second kappa shape index (κ2) is 5.74. The van der Waals surface area contributed by atoms with Gasteiger partial charge in [0, 0.05) is 5.41 Å². The molecule has 5 rings (SSSR count). The van der Waals surface area contributed by atoms with Gasteiger partial charge in [0.05, 0.1) is 0 Å². The van der Waals surface area contributed by atoms with Gasteiger partial charge >= 0.3 is 0 Å². The van der Waals surface area contributed by atoms with Crippen LogP contribution in [0.4, 0.5) is 0 Å². The standard InChI is InChI=1S/C25H22/c1-3-13-21-19(9-1)11-7-15-23(21)25(17-5-6-18-25)24-16-8-12-20-10-2-4-14-22(20)24/h1-4,7-16H,5-6,17-18H2. The lowest BCUT2D eigenvalue weighted by Gasteiger charge is -2.33. The van der Waals surface area contributed by atoms with E-state index < -0.39 is 0 Å². The summed E-state index contributed by atoms with van der Waals surface area (Å²) in [7, 11) is 0. The predicted molar refractivity (Wildman–Crippen MR) is 107 cm³/mol. The summed E-state index contributed by atoms with van der Waals surface area (Å²) >= 11 is 0. The minimum absolute atomic E-state index is 0.141. The summed E-state index contributed by atoms with van der Waals surface area (Å²) in [5.41, 5.74) is 3.17. The summed E-state index contributed by atoms with van der Waals surface area (Å²) in [5, 5.41) is 5.54. The maximum atomic E-state index is 2.37. The van der Waals surface area contributed by atoms with E-state index in [0.717, 1.165) is 0 Å². The van der Waals surface area contributed by atoms with Crippen LogP contribution in [0.5, 0.6) is 0 Å². The molecule has 0 heterocycles. The molecular formula is C25H22. The van der Waals surface area contributed by atoms with Crippen molar-refractivity contribution in [3.63, 3.8) is 0 Å². The van der Waals surface area contributed by atoms with Crippen LogP contribution in [0, 0.1) is 0 Å². The van der Waals surface area contributed by atoms with Gasteiger partial charge in [-0.25, -0.2) is 0 Å². The van der Waals surface area contributed by atoms with Crippen molar-refractivity contribution >= 4 is 21.5 Å². The second-order valence-electron chi connectivity index (χ2n) is 7.34. The van der Waals surface area contributed by atoms with Gasteiger partial charge in [-0.05, 0) is 45.5 Å². The van der Waals surface area contributed by atoms with E-state index in [1.54, 1.807) is 0 Å². The minimum atomic E-state index is 0.141. The zero-order chi connectivity index (χ0) is 16.7. The zero-order valence-corrected chi connectivity index (χ0v) is 14.4. The molecule has 0 aromatic heterocycles. The van der Waals surface area contributed by atoms with Crippen LogP contribution < -0.4 is 0 Å². The van der Waals surface area contributed by atoms with Crippen molar-refractivity contribution in [2.75, 3.05) is 0 Å². The molecule has 0 aliphatic heterocycles. The summed E-state index contributed by atoms with van der Waals surface area (Å²) in [6.07, 6.45) is 5.11. The third-order valence-corrected chi connectivity index (χ3v) is 6.07. The van der Waals surface area contributed by atoms with E-state index in [9.17, 15) is 0 Å². The molecule has 0 bridgehead atoms. The molecule has 0 spiro atoms. The largest absolute Gasteiger partial charge is 0.0616 e. The molecule has 0 heteroatoms. The van der Waals surface area contributed by atoms with Crippen molar-refractivity contribution in [1.82, 2.24) is 0 Å². The van der Waals surface area contributed by atoms with Gasteiger partial charge in [0.2, 0.25) is 0 Å². The first-order chi connectivity index (χ1) is 12.4. The van der Waals surface area contributed by atoms with Crippen LogP contribution in [0.1, 0.15) is 36.8 Å².